The molecular formula is C12H8BrFN4OS. The summed E-state index contributed by atoms with van der Waals surface area (Å²) >= 11 is 4.50. The van der Waals surface area contributed by atoms with Crippen LogP contribution in [0.4, 0.5) is 9.39 Å². The van der Waals surface area contributed by atoms with E-state index in [1.807, 2.05) is 6.92 Å². The third kappa shape index (κ3) is 2.20. The molecule has 20 heavy (non-hydrogen) atoms. The molecule has 8 heteroatoms. The van der Waals surface area contributed by atoms with Crippen LogP contribution in [-0.2, 0) is 0 Å². The summed E-state index contributed by atoms with van der Waals surface area (Å²) in [5.74, 6) is 0.193. The Morgan fingerprint density at radius 2 is 2.20 bits per heavy atom. The minimum atomic E-state index is -0.373. The monoisotopic (exact) mass is 354 g/mol. The lowest BCUT2D eigenvalue weighted by Gasteiger charge is -1.98. The summed E-state index contributed by atoms with van der Waals surface area (Å²) in [7, 11) is 0. The topological polar surface area (TPSA) is 77.8 Å². The molecule has 2 heterocycles. The fraction of sp³-hybridized carbons (Fsp3) is 0.0833. The van der Waals surface area contributed by atoms with E-state index in [4.69, 9.17) is 10.3 Å². The molecule has 3 rings (SSSR count). The van der Waals surface area contributed by atoms with Gasteiger partial charge in [-0.3, -0.25) is 0 Å². The lowest BCUT2D eigenvalue weighted by atomic mass is 10.2. The molecule has 0 saturated carbocycles. The molecule has 0 atom stereocenters. The van der Waals surface area contributed by atoms with E-state index in [1.54, 1.807) is 6.07 Å². The first-order valence-corrected chi connectivity index (χ1v) is 7.14. The third-order valence-electron chi connectivity index (χ3n) is 2.70. The van der Waals surface area contributed by atoms with Crippen molar-refractivity contribution < 1.29 is 8.91 Å². The van der Waals surface area contributed by atoms with Gasteiger partial charge in [0.2, 0.25) is 5.82 Å². The molecule has 0 saturated heterocycles. The number of hydrogen-bond acceptors (Lipinski definition) is 6. The van der Waals surface area contributed by atoms with E-state index >= 15 is 0 Å². The summed E-state index contributed by atoms with van der Waals surface area (Å²) in [5, 5.41) is 4.38. The van der Waals surface area contributed by atoms with Crippen molar-refractivity contribution in [3.05, 3.63) is 34.2 Å². The van der Waals surface area contributed by atoms with Crippen molar-refractivity contribution in [1.82, 2.24) is 14.5 Å². The highest BCUT2D eigenvalue weighted by atomic mass is 79.9. The Bertz CT molecular complexity index is 766. The molecule has 2 N–H and O–H groups in total. The Labute approximate surface area is 125 Å². The van der Waals surface area contributed by atoms with Gasteiger partial charge in [-0.15, -0.1) is 0 Å². The zero-order valence-electron chi connectivity index (χ0n) is 10.2. The zero-order valence-corrected chi connectivity index (χ0v) is 12.6. The summed E-state index contributed by atoms with van der Waals surface area (Å²) in [6, 6.07) is 4.27. The van der Waals surface area contributed by atoms with Crippen molar-refractivity contribution in [1.29, 1.82) is 0 Å². The molecule has 0 bridgehead atoms. The van der Waals surface area contributed by atoms with Crippen molar-refractivity contribution in [2.24, 2.45) is 0 Å². The average Bonchev–Trinajstić information content (AvgIpc) is 3.00. The second-order valence-corrected chi connectivity index (χ2v) is 5.71. The summed E-state index contributed by atoms with van der Waals surface area (Å²) in [6.07, 6.45) is 0. The number of benzene rings is 1. The highest BCUT2D eigenvalue weighted by molar-refractivity contribution is 9.10. The zero-order chi connectivity index (χ0) is 14.3. The highest BCUT2D eigenvalue weighted by Crippen LogP contribution is 2.33. The van der Waals surface area contributed by atoms with E-state index in [1.165, 1.54) is 23.7 Å². The number of rotatable bonds is 2. The van der Waals surface area contributed by atoms with E-state index in [0.29, 0.717) is 20.6 Å². The van der Waals surface area contributed by atoms with Crippen LogP contribution < -0.4 is 5.73 Å². The summed E-state index contributed by atoms with van der Waals surface area (Å²) < 4.78 is 23.3. The smallest absolute Gasteiger partial charge is 0.263 e. The van der Waals surface area contributed by atoms with E-state index < -0.39 is 0 Å². The van der Waals surface area contributed by atoms with Gasteiger partial charge in [0, 0.05) is 10.0 Å². The van der Waals surface area contributed by atoms with Gasteiger partial charge in [-0.25, -0.2) is 4.39 Å². The second kappa shape index (κ2) is 4.95. The molecule has 0 amide bonds. The number of anilines is 1. The molecule has 102 valence electrons. The first-order valence-electron chi connectivity index (χ1n) is 5.57. The molecule has 0 aliphatic rings. The molecule has 0 spiro atoms. The summed E-state index contributed by atoms with van der Waals surface area (Å²) in [6.45, 7) is 1.81. The van der Waals surface area contributed by atoms with E-state index in [2.05, 4.69) is 30.4 Å². The molecule has 0 unspecified atom stereocenters. The van der Waals surface area contributed by atoms with Gasteiger partial charge >= 0.3 is 0 Å². The van der Waals surface area contributed by atoms with Crippen LogP contribution in [-0.4, -0.2) is 14.5 Å². The molecule has 2 aromatic heterocycles. The molecule has 0 aliphatic heterocycles. The molecule has 0 aliphatic carbocycles. The number of aromatic nitrogens is 3. The summed E-state index contributed by atoms with van der Waals surface area (Å²) in [5.41, 5.74) is 7.70. The van der Waals surface area contributed by atoms with Gasteiger partial charge < -0.3 is 10.3 Å². The molecule has 0 fully saturated rings. The van der Waals surface area contributed by atoms with Gasteiger partial charge in [0.15, 0.2) is 0 Å². The molecule has 0 radical (unpaired) electrons. The summed E-state index contributed by atoms with van der Waals surface area (Å²) in [4.78, 5) is 4.26. The minimum Gasteiger partial charge on any atom is -0.389 e. The van der Waals surface area contributed by atoms with Crippen molar-refractivity contribution in [3.8, 4) is 22.8 Å². The minimum absolute atomic E-state index is 0.278. The average molecular weight is 355 g/mol. The predicted octanol–water partition coefficient (Wildman–Crippen LogP) is 3.65. The first kappa shape index (κ1) is 13.2. The van der Waals surface area contributed by atoms with Crippen molar-refractivity contribution in [2.75, 3.05) is 5.73 Å². The van der Waals surface area contributed by atoms with Gasteiger partial charge in [-0.1, -0.05) is 21.1 Å². The molecule has 1 aromatic carbocycles. The van der Waals surface area contributed by atoms with Crippen LogP contribution in [0, 0.1) is 12.7 Å². The maximum absolute atomic E-state index is 13.3. The van der Waals surface area contributed by atoms with Gasteiger partial charge in [0.05, 0.1) is 11.3 Å². The number of nitrogen functional groups attached to an aromatic ring is 1. The number of hydrogen-bond donors (Lipinski definition) is 1. The van der Waals surface area contributed by atoms with Crippen molar-refractivity contribution in [3.63, 3.8) is 0 Å². The van der Waals surface area contributed by atoms with Crippen LogP contribution in [0.1, 0.15) is 5.69 Å². The van der Waals surface area contributed by atoms with Crippen LogP contribution in [0.15, 0.2) is 27.2 Å². The van der Waals surface area contributed by atoms with Crippen LogP contribution in [0.3, 0.4) is 0 Å². The molecular weight excluding hydrogens is 347 g/mol. The normalized spacial score (nSPS) is 10.9. The Balaban J connectivity index is 2.09. The lowest BCUT2D eigenvalue weighted by molar-refractivity contribution is 0.432. The first-order chi connectivity index (χ1) is 9.56. The van der Waals surface area contributed by atoms with E-state index in [9.17, 15) is 4.39 Å². The van der Waals surface area contributed by atoms with Crippen LogP contribution in [0.5, 0.6) is 0 Å². The Morgan fingerprint density at radius 1 is 1.40 bits per heavy atom. The molecule has 5 nitrogen and oxygen atoms in total. The lowest BCUT2D eigenvalue weighted by Crippen LogP contribution is -1.87. The Hall–Kier alpha value is -1.80. The fourth-order valence-electron chi connectivity index (χ4n) is 1.75. The van der Waals surface area contributed by atoms with Gasteiger partial charge in [0.1, 0.15) is 10.8 Å². The largest absolute Gasteiger partial charge is 0.389 e. The van der Waals surface area contributed by atoms with E-state index in [0.717, 1.165) is 5.69 Å². The Kier molecular flexibility index (Phi) is 3.27. The van der Waals surface area contributed by atoms with Crippen LogP contribution >= 0.6 is 27.5 Å². The van der Waals surface area contributed by atoms with Crippen molar-refractivity contribution in [2.45, 2.75) is 6.92 Å². The maximum atomic E-state index is 13.3. The van der Waals surface area contributed by atoms with Crippen LogP contribution in [0.25, 0.3) is 22.8 Å². The SMILES string of the molecule is Cc1nsc(N)c1-c1nc(-c2cc(F)ccc2Br)no1. The third-order valence-corrected chi connectivity index (χ3v) is 4.16. The molecule has 3 aromatic rings. The van der Waals surface area contributed by atoms with Gasteiger partial charge in [0.25, 0.3) is 5.89 Å². The Morgan fingerprint density at radius 3 is 2.90 bits per heavy atom. The second-order valence-electron chi connectivity index (χ2n) is 4.05. The van der Waals surface area contributed by atoms with Crippen LogP contribution in [0.2, 0.25) is 0 Å². The van der Waals surface area contributed by atoms with Gasteiger partial charge in [-0.05, 0) is 36.7 Å². The number of halogens is 2. The van der Waals surface area contributed by atoms with Gasteiger partial charge in [-0.2, -0.15) is 9.36 Å². The number of aryl methyl sites for hydroxylation is 1. The quantitative estimate of drug-likeness (QED) is 0.759. The highest BCUT2D eigenvalue weighted by Gasteiger charge is 2.19. The van der Waals surface area contributed by atoms with E-state index in [-0.39, 0.29) is 17.5 Å². The predicted molar refractivity (Wildman–Crippen MR) is 77.6 cm³/mol. The fourth-order valence-corrected chi connectivity index (χ4v) is 2.83. The number of nitrogens with zero attached hydrogens (tertiary/aromatic N) is 3. The maximum Gasteiger partial charge on any atom is 0.263 e. The van der Waals surface area contributed by atoms with Crippen molar-refractivity contribution >= 4 is 32.5 Å². The number of nitrogens with two attached hydrogens (primary N) is 1. The standard InChI is InChI=1S/C12H8BrFN4OS/c1-5-9(10(15)20-18-5)12-16-11(17-19-12)7-4-6(14)2-3-8(7)13/h2-4H,15H2,1H3.